The number of ether oxygens (including phenoxy) is 3. The molecule has 0 aliphatic rings. The van der Waals surface area contributed by atoms with Gasteiger partial charge < -0.3 is 14.2 Å². The fourth-order valence-electron chi connectivity index (χ4n) is 7.44. The van der Waals surface area contributed by atoms with Gasteiger partial charge in [0.1, 0.15) is 13.2 Å². The lowest BCUT2D eigenvalue weighted by molar-refractivity contribution is -0.167. The van der Waals surface area contributed by atoms with Crippen molar-refractivity contribution in [3.05, 3.63) is 12.2 Å². The van der Waals surface area contributed by atoms with E-state index in [1.807, 2.05) is 0 Å². The maximum Gasteiger partial charge on any atom is 0.306 e. The molecule has 0 spiro atoms. The van der Waals surface area contributed by atoms with Crippen LogP contribution in [0.3, 0.4) is 0 Å². The minimum absolute atomic E-state index is 0.0665. The van der Waals surface area contributed by atoms with E-state index >= 15 is 0 Å². The van der Waals surface area contributed by atoms with Gasteiger partial charge >= 0.3 is 17.9 Å². The molecule has 57 heavy (non-hydrogen) atoms. The molecule has 0 rings (SSSR count). The molecule has 6 nitrogen and oxygen atoms in total. The maximum absolute atomic E-state index is 12.7. The van der Waals surface area contributed by atoms with Gasteiger partial charge in [0.15, 0.2) is 6.10 Å². The summed E-state index contributed by atoms with van der Waals surface area (Å²) in [5.74, 6) is -0.867. The number of esters is 3. The first-order valence-corrected chi connectivity index (χ1v) is 25.2. The van der Waals surface area contributed by atoms with E-state index in [0.29, 0.717) is 19.3 Å². The Morgan fingerprint density at radius 3 is 0.877 bits per heavy atom. The lowest BCUT2D eigenvalue weighted by Crippen LogP contribution is -2.30. The molecule has 0 aromatic rings. The highest BCUT2D eigenvalue weighted by atomic mass is 16.6. The van der Waals surface area contributed by atoms with Gasteiger partial charge in [-0.2, -0.15) is 0 Å². The van der Waals surface area contributed by atoms with Gasteiger partial charge in [0, 0.05) is 19.3 Å². The molecule has 1 unspecified atom stereocenters. The van der Waals surface area contributed by atoms with Crippen molar-refractivity contribution in [1.82, 2.24) is 0 Å². The summed E-state index contributed by atoms with van der Waals surface area (Å²) in [4.78, 5) is 37.6. The first-order valence-electron chi connectivity index (χ1n) is 25.2. The molecular weight excluding hydrogens is 709 g/mol. The minimum Gasteiger partial charge on any atom is -0.462 e. The van der Waals surface area contributed by atoms with Crippen LogP contribution < -0.4 is 0 Å². The molecule has 0 bridgehead atoms. The smallest absolute Gasteiger partial charge is 0.306 e. The Morgan fingerprint density at radius 2 is 0.579 bits per heavy atom. The molecule has 0 aromatic carbocycles. The highest BCUT2D eigenvalue weighted by Crippen LogP contribution is 2.16. The van der Waals surface area contributed by atoms with Crippen LogP contribution in [-0.4, -0.2) is 37.2 Å². The third kappa shape index (κ3) is 45.1. The van der Waals surface area contributed by atoms with Gasteiger partial charge in [0.2, 0.25) is 0 Å². The summed E-state index contributed by atoms with van der Waals surface area (Å²) in [5.41, 5.74) is 0. The lowest BCUT2D eigenvalue weighted by Gasteiger charge is -2.18. The van der Waals surface area contributed by atoms with Gasteiger partial charge in [-0.1, -0.05) is 226 Å². The lowest BCUT2D eigenvalue weighted by atomic mass is 10.0. The van der Waals surface area contributed by atoms with Crippen molar-refractivity contribution in [1.29, 1.82) is 0 Å². The SMILES string of the molecule is CCCCCCCCCC/C=C\CCCCCCCCCCCCCC(=O)OCC(COC(=O)CCCCCCCC)OC(=O)CCCCCCCCCCCC. The van der Waals surface area contributed by atoms with Gasteiger partial charge in [-0.25, -0.2) is 0 Å². The Balaban J connectivity index is 4.05. The second kappa shape index (κ2) is 46.8. The molecule has 0 amide bonds. The van der Waals surface area contributed by atoms with Crippen LogP contribution in [0.5, 0.6) is 0 Å². The van der Waals surface area contributed by atoms with Crippen LogP contribution >= 0.6 is 0 Å². The van der Waals surface area contributed by atoms with Crippen LogP contribution in [-0.2, 0) is 28.6 Å². The van der Waals surface area contributed by atoms with Crippen LogP contribution in [0.4, 0.5) is 0 Å². The molecule has 336 valence electrons. The Labute approximate surface area is 354 Å². The van der Waals surface area contributed by atoms with Crippen molar-refractivity contribution in [2.24, 2.45) is 0 Å². The van der Waals surface area contributed by atoms with Crippen molar-refractivity contribution in [2.75, 3.05) is 13.2 Å². The molecule has 0 saturated carbocycles. The molecule has 0 aliphatic heterocycles. The topological polar surface area (TPSA) is 78.9 Å². The molecule has 0 aromatic heterocycles. The monoisotopic (exact) mass is 805 g/mol. The van der Waals surface area contributed by atoms with E-state index in [1.54, 1.807) is 0 Å². The van der Waals surface area contributed by atoms with Crippen LogP contribution in [0.15, 0.2) is 12.2 Å². The van der Waals surface area contributed by atoms with Gasteiger partial charge in [-0.3, -0.25) is 14.4 Å². The number of carbonyl (C=O) groups excluding carboxylic acids is 3. The zero-order chi connectivity index (χ0) is 41.5. The summed E-state index contributed by atoms with van der Waals surface area (Å²) < 4.78 is 16.7. The number of unbranched alkanes of at least 4 members (excludes halogenated alkanes) is 33. The standard InChI is InChI=1S/C51H96O6/c1-4-7-10-13-16-18-20-21-22-23-24-25-26-27-28-29-30-31-32-34-35-38-41-44-50(53)56-47-48(46-55-49(52)43-40-37-15-12-9-6-3)57-51(54)45-42-39-36-33-19-17-14-11-8-5-2/h23-24,48H,4-22,25-47H2,1-3H3/b24-23-. The first-order chi connectivity index (χ1) is 28.0. The van der Waals surface area contributed by atoms with E-state index in [-0.39, 0.29) is 31.1 Å². The normalized spacial score (nSPS) is 12.0. The van der Waals surface area contributed by atoms with Crippen molar-refractivity contribution in [2.45, 2.75) is 284 Å². The summed E-state index contributed by atoms with van der Waals surface area (Å²) in [6.45, 7) is 6.59. The fourth-order valence-corrected chi connectivity index (χ4v) is 7.44. The molecule has 0 aliphatic carbocycles. The molecule has 6 heteroatoms. The predicted octanol–water partition coefficient (Wildman–Crippen LogP) is 16.2. The molecule has 0 radical (unpaired) electrons. The number of allylic oxidation sites excluding steroid dienone is 2. The molecule has 0 saturated heterocycles. The highest BCUT2D eigenvalue weighted by molar-refractivity contribution is 5.71. The molecule has 1 atom stereocenters. The Morgan fingerprint density at radius 1 is 0.333 bits per heavy atom. The van der Waals surface area contributed by atoms with E-state index in [4.69, 9.17) is 14.2 Å². The zero-order valence-corrected chi connectivity index (χ0v) is 38.4. The molecule has 0 heterocycles. The van der Waals surface area contributed by atoms with Gasteiger partial charge in [-0.15, -0.1) is 0 Å². The van der Waals surface area contributed by atoms with Crippen molar-refractivity contribution in [3.8, 4) is 0 Å². The zero-order valence-electron chi connectivity index (χ0n) is 38.4. The molecule has 0 N–H and O–H groups in total. The number of rotatable bonds is 46. The van der Waals surface area contributed by atoms with Gasteiger partial charge in [0.05, 0.1) is 0 Å². The van der Waals surface area contributed by atoms with Crippen LogP contribution in [0.25, 0.3) is 0 Å². The summed E-state index contributed by atoms with van der Waals surface area (Å²) in [7, 11) is 0. The van der Waals surface area contributed by atoms with Crippen LogP contribution in [0.1, 0.15) is 278 Å². The van der Waals surface area contributed by atoms with Crippen molar-refractivity contribution < 1.29 is 28.6 Å². The third-order valence-corrected chi connectivity index (χ3v) is 11.3. The van der Waals surface area contributed by atoms with Crippen LogP contribution in [0.2, 0.25) is 0 Å². The van der Waals surface area contributed by atoms with Crippen molar-refractivity contribution in [3.63, 3.8) is 0 Å². The van der Waals surface area contributed by atoms with Crippen molar-refractivity contribution >= 4 is 17.9 Å². The van der Waals surface area contributed by atoms with E-state index in [9.17, 15) is 14.4 Å². The van der Waals surface area contributed by atoms with Gasteiger partial charge in [-0.05, 0) is 44.9 Å². The maximum atomic E-state index is 12.7. The predicted molar refractivity (Wildman–Crippen MR) is 243 cm³/mol. The summed E-state index contributed by atoms with van der Waals surface area (Å²) in [6, 6.07) is 0. The van der Waals surface area contributed by atoms with Gasteiger partial charge in [0.25, 0.3) is 0 Å². The Kier molecular flexibility index (Phi) is 45.3. The average molecular weight is 805 g/mol. The van der Waals surface area contributed by atoms with E-state index in [1.165, 1.54) is 180 Å². The quantitative estimate of drug-likeness (QED) is 0.0264. The average Bonchev–Trinajstić information content (AvgIpc) is 3.21. The van der Waals surface area contributed by atoms with E-state index in [0.717, 1.165) is 57.8 Å². The Bertz CT molecular complexity index is 885. The second-order valence-electron chi connectivity index (χ2n) is 17.1. The third-order valence-electron chi connectivity index (χ3n) is 11.3. The summed E-state index contributed by atoms with van der Waals surface area (Å²) >= 11 is 0. The Hall–Kier alpha value is -1.85. The highest BCUT2D eigenvalue weighted by Gasteiger charge is 2.19. The summed E-state index contributed by atoms with van der Waals surface area (Å²) in [5, 5.41) is 0. The van der Waals surface area contributed by atoms with E-state index < -0.39 is 6.10 Å². The fraction of sp³-hybridized carbons (Fsp3) is 0.902. The number of hydrogen-bond donors (Lipinski definition) is 0. The summed E-state index contributed by atoms with van der Waals surface area (Å²) in [6.07, 6.45) is 50.9. The first kappa shape index (κ1) is 55.2. The number of carbonyl (C=O) groups is 3. The largest absolute Gasteiger partial charge is 0.462 e. The second-order valence-corrected chi connectivity index (χ2v) is 17.1. The van der Waals surface area contributed by atoms with E-state index in [2.05, 4.69) is 32.9 Å². The molecular formula is C51H96O6. The number of hydrogen-bond acceptors (Lipinski definition) is 6. The minimum atomic E-state index is -0.760. The van der Waals surface area contributed by atoms with Crippen LogP contribution in [0, 0.1) is 0 Å². The molecule has 0 fully saturated rings.